The van der Waals surface area contributed by atoms with Crippen molar-refractivity contribution in [3.05, 3.63) is 44.0 Å². The van der Waals surface area contributed by atoms with Crippen LogP contribution in [-0.2, 0) is 6.54 Å². The Hall–Kier alpha value is -0.710. The van der Waals surface area contributed by atoms with E-state index < -0.39 is 0 Å². The summed E-state index contributed by atoms with van der Waals surface area (Å²) in [6.07, 6.45) is 0. The number of hydrogen-bond donors (Lipinski definition) is 1. The van der Waals surface area contributed by atoms with Gasteiger partial charge in [-0.25, -0.2) is 0 Å². The lowest BCUT2D eigenvalue weighted by Gasteiger charge is -2.20. The highest BCUT2D eigenvalue weighted by Gasteiger charge is 2.07. The summed E-state index contributed by atoms with van der Waals surface area (Å²) < 4.78 is 1.81. The lowest BCUT2D eigenvalue weighted by Crippen LogP contribution is -2.16. The van der Waals surface area contributed by atoms with Crippen LogP contribution >= 0.6 is 38.9 Å². The molecule has 0 fully saturated rings. The molecule has 0 saturated heterocycles. The number of halogens is 2. The third-order valence-electron chi connectivity index (χ3n) is 2.42. The minimum absolute atomic E-state index is 0.768. The highest BCUT2D eigenvalue weighted by molar-refractivity contribution is 9.10. The number of anilines is 2. The van der Waals surface area contributed by atoms with E-state index in [9.17, 15) is 0 Å². The Bertz CT molecular complexity index is 527. The molecule has 2 N–H and O–H groups in total. The molecule has 0 atom stereocenters. The van der Waals surface area contributed by atoms with Crippen LogP contribution in [0.4, 0.5) is 11.4 Å². The van der Waals surface area contributed by atoms with E-state index in [-0.39, 0.29) is 0 Å². The fraction of sp³-hybridized carbons (Fsp3) is 0.167. The maximum atomic E-state index is 5.99. The SMILES string of the molecule is CN(Cc1ccc(Cl)s1)c1ccc(Br)cc1N. The topological polar surface area (TPSA) is 29.3 Å². The molecule has 1 aromatic heterocycles. The molecule has 0 aliphatic heterocycles. The van der Waals surface area contributed by atoms with E-state index in [0.29, 0.717) is 0 Å². The number of nitrogens with two attached hydrogens (primary N) is 1. The Balaban J connectivity index is 2.17. The molecule has 2 rings (SSSR count). The normalized spacial score (nSPS) is 10.5. The third-order valence-corrected chi connectivity index (χ3v) is 4.13. The van der Waals surface area contributed by atoms with Gasteiger partial charge in [0, 0.05) is 16.4 Å². The lowest BCUT2D eigenvalue weighted by atomic mass is 10.2. The number of thiophene rings is 1. The number of nitrogen functional groups attached to an aromatic ring is 1. The number of benzene rings is 1. The van der Waals surface area contributed by atoms with E-state index in [2.05, 4.69) is 20.8 Å². The van der Waals surface area contributed by atoms with Crippen molar-refractivity contribution in [1.82, 2.24) is 0 Å². The Labute approximate surface area is 118 Å². The lowest BCUT2D eigenvalue weighted by molar-refractivity contribution is 0.942. The van der Waals surface area contributed by atoms with Gasteiger partial charge in [0.05, 0.1) is 22.3 Å². The highest BCUT2D eigenvalue weighted by atomic mass is 79.9. The van der Waals surface area contributed by atoms with Gasteiger partial charge < -0.3 is 10.6 Å². The van der Waals surface area contributed by atoms with Crippen molar-refractivity contribution in [3.8, 4) is 0 Å². The van der Waals surface area contributed by atoms with Crippen molar-refractivity contribution < 1.29 is 0 Å². The van der Waals surface area contributed by atoms with E-state index in [1.54, 1.807) is 11.3 Å². The number of rotatable bonds is 3. The standard InChI is InChI=1S/C12H12BrClN2S/c1-16(7-9-3-5-12(14)17-9)11-4-2-8(13)6-10(11)15/h2-6H,7,15H2,1H3. The van der Waals surface area contributed by atoms with Gasteiger partial charge in [0.2, 0.25) is 0 Å². The average Bonchev–Trinajstić information content (AvgIpc) is 2.63. The maximum absolute atomic E-state index is 5.99. The van der Waals surface area contributed by atoms with Gasteiger partial charge in [-0.1, -0.05) is 27.5 Å². The van der Waals surface area contributed by atoms with E-state index >= 15 is 0 Å². The fourth-order valence-electron chi connectivity index (χ4n) is 1.63. The molecule has 17 heavy (non-hydrogen) atoms. The summed E-state index contributed by atoms with van der Waals surface area (Å²) in [6.45, 7) is 0.809. The van der Waals surface area contributed by atoms with Crippen molar-refractivity contribution in [1.29, 1.82) is 0 Å². The molecule has 5 heteroatoms. The van der Waals surface area contributed by atoms with Crippen LogP contribution in [0.1, 0.15) is 4.88 Å². The van der Waals surface area contributed by atoms with E-state index in [1.165, 1.54) is 4.88 Å². The predicted octanol–water partition coefficient (Wildman–Crippen LogP) is 4.38. The first-order chi connectivity index (χ1) is 8.06. The zero-order valence-corrected chi connectivity index (χ0v) is 12.4. The van der Waals surface area contributed by atoms with Crippen LogP contribution in [0.15, 0.2) is 34.8 Å². The van der Waals surface area contributed by atoms with E-state index in [1.807, 2.05) is 37.4 Å². The molecular formula is C12H12BrClN2S. The van der Waals surface area contributed by atoms with Crippen LogP contribution in [0.2, 0.25) is 4.34 Å². The third kappa shape index (κ3) is 3.15. The average molecular weight is 332 g/mol. The molecular weight excluding hydrogens is 320 g/mol. The molecule has 0 amide bonds. The fourth-order valence-corrected chi connectivity index (χ4v) is 3.15. The van der Waals surface area contributed by atoms with Crippen LogP contribution in [-0.4, -0.2) is 7.05 Å². The first-order valence-electron chi connectivity index (χ1n) is 5.06. The number of hydrogen-bond acceptors (Lipinski definition) is 3. The summed E-state index contributed by atoms with van der Waals surface area (Å²) in [6, 6.07) is 9.87. The minimum Gasteiger partial charge on any atom is -0.397 e. The molecule has 2 aromatic rings. The van der Waals surface area contributed by atoms with Gasteiger partial charge in [0.1, 0.15) is 0 Å². The van der Waals surface area contributed by atoms with Crippen molar-refractivity contribution in [2.24, 2.45) is 0 Å². The predicted molar refractivity (Wildman–Crippen MR) is 80.0 cm³/mol. The van der Waals surface area contributed by atoms with Crippen molar-refractivity contribution in [2.75, 3.05) is 17.7 Å². The summed E-state index contributed by atoms with van der Waals surface area (Å²) in [5.74, 6) is 0. The van der Waals surface area contributed by atoms with Crippen LogP contribution < -0.4 is 10.6 Å². The van der Waals surface area contributed by atoms with Crippen molar-refractivity contribution in [2.45, 2.75) is 6.54 Å². The molecule has 0 spiro atoms. The Morgan fingerprint density at radius 2 is 2.12 bits per heavy atom. The van der Waals surface area contributed by atoms with Crippen LogP contribution in [0.5, 0.6) is 0 Å². The molecule has 0 bridgehead atoms. The summed E-state index contributed by atoms with van der Waals surface area (Å²) >= 11 is 10.9. The quantitative estimate of drug-likeness (QED) is 0.846. The van der Waals surface area contributed by atoms with Gasteiger partial charge in [0.25, 0.3) is 0 Å². The summed E-state index contributed by atoms with van der Waals surface area (Å²) in [7, 11) is 2.02. The van der Waals surface area contributed by atoms with E-state index in [4.69, 9.17) is 17.3 Å². The Kier molecular flexibility index (Phi) is 3.97. The molecule has 0 aliphatic carbocycles. The van der Waals surface area contributed by atoms with Gasteiger partial charge in [-0.3, -0.25) is 0 Å². The smallest absolute Gasteiger partial charge is 0.0931 e. The van der Waals surface area contributed by atoms with Gasteiger partial charge in [-0.15, -0.1) is 11.3 Å². The second kappa shape index (κ2) is 5.29. The van der Waals surface area contributed by atoms with Crippen LogP contribution in [0, 0.1) is 0 Å². The molecule has 0 unspecified atom stereocenters. The largest absolute Gasteiger partial charge is 0.397 e. The van der Waals surface area contributed by atoms with Gasteiger partial charge in [-0.2, -0.15) is 0 Å². The van der Waals surface area contributed by atoms with Crippen molar-refractivity contribution >= 4 is 50.2 Å². The summed E-state index contributed by atoms with van der Waals surface area (Å²) in [4.78, 5) is 3.34. The second-order valence-corrected chi connectivity index (χ2v) is 6.48. The van der Waals surface area contributed by atoms with Crippen molar-refractivity contribution in [3.63, 3.8) is 0 Å². The Morgan fingerprint density at radius 3 is 2.71 bits per heavy atom. The van der Waals surface area contributed by atoms with Crippen LogP contribution in [0.25, 0.3) is 0 Å². The first kappa shape index (κ1) is 12.7. The second-order valence-electron chi connectivity index (χ2n) is 3.77. The summed E-state index contributed by atoms with van der Waals surface area (Å²) in [5.41, 5.74) is 7.78. The van der Waals surface area contributed by atoms with Gasteiger partial charge >= 0.3 is 0 Å². The van der Waals surface area contributed by atoms with Gasteiger partial charge in [0.15, 0.2) is 0 Å². The molecule has 0 saturated carbocycles. The maximum Gasteiger partial charge on any atom is 0.0931 e. The monoisotopic (exact) mass is 330 g/mol. The van der Waals surface area contributed by atoms with Crippen LogP contribution in [0.3, 0.4) is 0 Å². The van der Waals surface area contributed by atoms with E-state index in [0.717, 1.165) is 26.7 Å². The highest BCUT2D eigenvalue weighted by Crippen LogP contribution is 2.29. The zero-order chi connectivity index (χ0) is 12.4. The zero-order valence-electron chi connectivity index (χ0n) is 9.28. The first-order valence-corrected chi connectivity index (χ1v) is 7.05. The molecule has 1 heterocycles. The molecule has 1 aromatic carbocycles. The molecule has 90 valence electrons. The molecule has 2 nitrogen and oxygen atoms in total. The molecule has 0 radical (unpaired) electrons. The number of nitrogens with zero attached hydrogens (tertiary/aromatic N) is 1. The minimum atomic E-state index is 0.768. The molecule has 0 aliphatic rings. The van der Waals surface area contributed by atoms with Gasteiger partial charge in [-0.05, 0) is 30.3 Å². The summed E-state index contributed by atoms with van der Waals surface area (Å²) in [5, 5.41) is 0. The Morgan fingerprint density at radius 1 is 1.35 bits per heavy atom.